The minimum absolute atomic E-state index is 0.566. The second kappa shape index (κ2) is 5.02. The molecule has 0 saturated carbocycles. The predicted octanol–water partition coefficient (Wildman–Crippen LogP) is 1.45. The molecule has 2 nitrogen and oxygen atoms in total. The van der Waals surface area contributed by atoms with Crippen LogP contribution in [0.1, 0.15) is 5.56 Å². The van der Waals surface area contributed by atoms with E-state index < -0.39 is 0 Å². The number of hydrogen-bond acceptors (Lipinski definition) is 2. The first-order valence-corrected chi connectivity index (χ1v) is 4.94. The first kappa shape index (κ1) is 10.3. The molecule has 0 saturated heterocycles. The van der Waals surface area contributed by atoms with Crippen molar-refractivity contribution in [3.05, 3.63) is 54.2 Å². The van der Waals surface area contributed by atoms with E-state index >= 15 is 0 Å². The number of rotatable bonds is 3. The van der Waals surface area contributed by atoms with Gasteiger partial charge in [0.15, 0.2) is 0 Å². The van der Waals surface area contributed by atoms with Crippen LogP contribution in [0.3, 0.4) is 0 Å². The molecule has 0 unspecified atom stereocenters. The Morgan fingerprint density at radius 3 is 2.53 bits per heavy atom. The summed E-state index contributed by atoms with van der Waals surface area (Å²) < 4.78 is 6.68. The van der Waals surface area contributed by atoms with Gasteiger partial charge in [0.1, 0.15) is 0 Å². The molecule has 0 N–H and O–H groups in total. The summed E-state index contributed by atoms with van der Waals surface area (Å²) in [5.41, 5.74) is 1.15. The molecule has 0 fully saturated rings. The maximum atomic E-state index is 5.54. The molecule has 0 aliphatic carbocycles. The van der Waals surface area contributed by atoms with Gasteiger partial charge in [-0.25, -0.2) is 0 Å². The first-order valence-electron chi connectivity index (χ1n) is 4.94. The van der Waals surface area contributed by atoms with Crippen LogP contribution in [-0.4, -0.2) is 22.7 Å². The Kier molecular flexibility index (Phi) is 3.44. The van der Waals surface area contributed by atoms with Crippen LogP contribution in [0.4, 0.5) is 0 Å². The van der Waals surface area contributed by atoms with Gasteiger partial charge in [-0.2, -0.15) is 0 Å². The van der Waals surface area contributed by atoms with Gasteiger partial charge in [0.05, 0.1) is 0 Å². The summed E-state index contributed by atoms with van der Waals surface area (Å²) in [4.78, 5) is 4.17. The molecule has 0 bridgehead atoms. The zero-order valence-corrected chi connectivity index (χ0v) is 8.68. The average Bonchev–Trinajstić information content (AvgIpc) is 2.30. The Morgan fingerprint density at radius 2 is 1.87 bits per heavy atom. The Labute approximate surface area is 98.5 Å². The minimum atomic E-state index is 0.566. The van der Waals surface area contributed by atoms with Gasteiger partial charge in [-0.05, 0) is 0 Å². The summed E-state index contributed by atoms with van der Waals surface area (Å²) in [6.45, 7) is 0.566. The third-order valence-electron chi connectivity index (χ3n) is 2.11. The van der Waals surface area contributed by atoms with E-state index in [0.29, 0.717) is 12.5 Å². The molecule has 15 heavy (non-hydrogen) atoms. The van der Waals surface area contributed by atoms with Crippen LogP contribution >= 0.6 is 0 Å². The van der Waals surface area contributed by atoms with Crippen molar-refractivity contribution in [2.24, 2.45) is 0 Å². The van der Waals surface area contributed by atoms with E-state index in [2.05, 4.69) is 4.98 Å². The maximum absolute atomic E-state index is 5.54. The van der Waals surface area contributed by atoms with E-state index in [1.807, 2.05) is 60.2 Å². The third kappa shape index (κ3) is 3.12. The Morgan fingerprint density at radius 1 is 1.07 bits per heavy atom. The van der Waals surface area contributed by atoms with Crippen molar-refractivity contribution in [3.8, 4) is 5.88 Å². The summed E-state index contributed by atoms with van der Waals surface area (Å²) in [6.07, 6.45) is 1.81. The number of ether oxygens (including phenoxy) is 1. The summed E-state index contributed by atoms with van der Waals surface area (Å²) in [7, 11) is 0. The second-order valence-corrected chi connectivity index (χ2v) is 3.45. The monoisotopic (exact) mass is 191 g/mol. The van der Waals surface area contributed by atoms with Crippen LogP contribution < -0.4 is 8.97 Å². The molecular weight excluding hydrogens is 181 g/mol. The van der Waals surface area contributed by atoms with E-state index in [9.17, 15) is 0 Å². The van der Waals surface area contributed by atoms with E-state index in [-0.39, 0.29) is 0 Å². The van der Waals surface area contributed by atoms with Gasteiger partial charge in [0.2, 0.25) is 0 Å². The fraction of sp³-hybridized carbons (Fsp3) is 0.0833. The van der Waals surface area contributed by atoms with Crippen molar-refractivity contribution in [1.82, 2.24) is 4.98 Å². The Balaban J connectivity index is 1.96. The average molecular weight is 191 g/mol. The van der Waals surface area contributed by atoms with Crippen LogP contribution in [0.15, 0.2) is 48.7 Å². The second-order valence-electron chi connectivity index (χ2n) is 3.45. The standard InChI is InChI=1S/C12H10NO.Li/c1-2-6-11(7-3-1)10-14-12-8-4-5-9-13-12;/h1-4,6-9H,10H2;. The number of benzene rings is 1. The Bertz CT molecular complexity index is 413. The summed E-state index contributed by atoms with van der Waals surface area (Å²) in [6, 6.07) is 13.9. The summed E-state index contributed by atoms with van der Waals surface area (Å²) in [5.74, 6) is 0.671. The fourth-order valence-electron chi connectivity index (χ4n) is 1.27. The molecule has 70 valence electrons. The van der Waals surface area contributed by atoms with Gasteiger partial charge in [0.25, 0.3) is 0 Å². The van der Waals surface area contributed by atoms with Gasteiger partial charge >= 0.3 is 98.4 Å². The van der Waals surface area contributed by atoms with Gasteiger partial charge < -0.3 is 0 Å². The van der Waals surface area contributed by atoms with Crippen molar-refractivity contribution in [2.45, 2.75) is 6.61 Å². The van der Waals surface area contributed by atoms with Crippen LogP contribution in [0.5, 0.6) is 5.88 Å². The van der Waals surface area contributed by atoms with E-state index in [1.165, 1.54) is 0 Å². The molecule has 0 radical (unpaired) electrons. The molecule has 0 aliphatic rings. The molecule has 1 aromatic heterocycles. The number of pyridine rings is 1. The van der Waals surface area contributed by atoms with Crippen molar-refractivity contribution in [1.29, 1.82) is 0 Å². The van der Waals surface area contributed by atoms with Gasteiger partial charge in [-0.15, -0.1) is 0 Å². The molecule has 0 spiro atoms. The van der Waals surface area contributed by atoms with Gasteiger partial charge in [-0.3, -0.25) is 0 Å². The van der Waals surface area contributed by atoms with Crippen molar-refractivity contribution >= 4 is 22.0 Å². The molecule has 0 amide bonds. The topological polar surface area (TPSA) is 22.1 Å². The number of nitrogens with zero attached hydrogens (tertiary/aromatic N) is 1. The van der Waals surface area contributed by atoms with Crippen molar-refractivity contribution in [2.75, 3.05) is 0 Å². The van der Waals surface area contributed by atoms with Gasteiger partial charge in [-0.1, -0.05) is 0 Å². The van der Waals surface area contributed by atoms with Crippen LogP contribution in [0.2, 0.25) is 0 Å². The normalized spacial score (nSPS) is 10.0. The first-order chi connectivity index (χ1) is 7.34. The molecule has 1 aromatic carbocycles. The zero-order chi connectivity index (χ0) is 10.5. The summed E-state index contributed by atoms with van der Waals surface area (Å²) >= 11 is 2.01. The molecule has 2 rings (SSSR count). The zero-order valence-electron chi connectivity index (χ0n) is 8.68. The van der Waals surface area contributed by atoms with Crippen LogP contribution in [-0.2, 0) is 6.61 Å². The number of aromatic nitrogens is 1. The summed E-state index contributed by atoms with van der Waals surface area (Å²) in [5, 5.41) is 0. The SMILES string of the molecule is [Li][c]1ccc(OCc2ccccc2)nc1. The number of hydrogen-bond donors (Lipinski definition) is 0. The fourth-order valence-corrected chi connectivity index (χ4v) is 1.27. The van der Waals surface area contributed by atoms with Crippen molar-refractivity contribution in [3.63, 3.8) is 0 Å². The molecule has 3 heteroatoms. The third-order valence-corrected chi connectivity index (χ3v) is 2.11. The molecule has 0 aliphatic heterocycles. The van der Waals surface area contributed by atoms with Crippen molar-refractivity contribution < 1.29 is 4.74 Å². The van der Waals surface area contributed by atoms with Crippen LogP contribution in [0.25, 0.3) is 0 Å². The predicted molar refractivity (Wildman–Crippen MR) is 60.4 cm³/mol. The quantitative estimate of drug-likeness (QED) is 0.685. The Hall–Kier alpha value is -1.23. The van der Waals surface area contributed by atoms with E-state index in [0.717, 1.165) is 9.80 Å². The molecule has 1 heterocycles. The van der Waals surface area contributed by atoms with E-state index in [1.54, 1.807) is 6.20 Å². The molecular formula is C12H10LiNO. The van der Waals surface area contributed by atoms with Gasteiger partial charge in [0, 0.05) is 0 Å². The molecule has 2 aromatic rings. The molecule has 0 atom stereocenters. The van der Waals surface area contributed by atoms with E-state index in [4.69, 9.17) is 4.74 Å². The van der Waals surface area contributed by atoms with Crippen LogP contribution in [0, 0.1) is 0 Å².